The van der Waals surface area contributed by atoms with Crippen LogP contribution in [0.4, 0.5) is 0 Å². The van der Waals surface area contributed by atoms with Gasteiger partial charge in [0.1, 0.15) is 6.61 Å². The number of hydrogen-bond donors (Lipinski definition) is 0. The van der Waals surface area contributed by atoms with Crippen molar-refractivity contribution in [1.82, 2.24) is 0 Å². The highest BCUT2D eigenvalue weighted by Crippen LogP contribution is 2.46. The molecule has 2 aliphatic heterocycles. The van der Waals surface area contributed by atoms with Crippen LogP contribution in [0.1, 0.15) is 39.7 Å². The zero-order valence-electron chi connectivity index (χ0n) is 15.2. The molecule has 5 atom stereocenters. The minimum atomic E-state index is -0.424. The normalized spacial score (nSPS) is 34.2. The molecule has 4 heteroatoms. The summed E-state index contributed by atoms with van der Waals surface area (Å²) in [6.07, 6.45) is 1.04. The van der Waals surface area contributed by atoms with Crippen LogP contribution in [-0.2, 0) is 20.9 Å². The van der Waals surface area contributed by atoms with Gasteiger partial charge in [0.2, 0.25) is 0 Å². The average Bonchev–Trinajstić information content (AvgIpc) is 2.79. The highest BCUT2D eigenvalue weighted by molar-refractivity contribution is 5.89. The molecule has 3 rings (SSSR count). The molecule has 1 aromatic carbocycles. The number of ether oxygens (including phenoxy) is 2. The molecular formula is C20H29NO3. The van der Waals surface area contributed by atoms with E-state index in [1.165, 1.54) is 0 Å². The van der Waals surface area contributed by atoms with Crippen molar-refractivity contribution in [3.8, 4) is 0 Å². The standard InChI is InChI=1S/C20H29NO3/c1-5-14(2)19(21-24-11-16-9-7-6-8-10-16)18-13-23-20(4)15(3)17(18)12-22-20/h6-10,14-15,17-18H,5,11-13H2,1-4H3/b21-19+/t14-,15-,17+,18+,20+/m1/s1. The summed E-state index contributed by atoms with van der Waals surface area (Å²) in [6, 6.07) is 10.2. The van der Waals surface area contributed by atoms with Gasteiger partial charge in [0.15, 0.2) is 5.79 Å². The van der Waals surface area contributed by atoms with Crippen molar-refractivity contribution < 1.29 is 14.3 Å². The highest BCUT2D eigenvalue weighted by Gasteiger charge is 2.53. The maximum atomic E-state index is 6.06. The van der Waals surface area contributed by atoms with Crippen LogP contribution in [0.3, 0.4) is 0 Å². The fourth-order valence-electron chi connectivity index (χ4n) is 3.74. The van der Waals surface area contributed by atoms with E-state index >= 15 is 0 Å². The first-order chi connectivity index (χ1) is 11.5. The summed E-state index contributed by atoms with van der Waals surface area (Å²) in [7, 11) is 0. The fourth-order valence-corrected chi connectivity index (χ4v) is 3.74. The van der Waals surface area contributed by atoms with E-state index in [0.29, 0.717) is 31.0 Å². The second-order valence-corrected chi connectivity index (χ2v) is 7.28. The summed E-state index contributed by atoms with van der Waals surface area (Å²) in [5, 5.41) is 4.57. The molecule has 2 fully saturated rings. The first kappa shape index (κ1) is 17.4. The van der Waals surface area contributed by atoms with E-state index in [4.69, 9.17) is 14.3 Å². The van der Waals surface area contributed by atoms with E-state index < -0.39 is 5.79 Å². The first-order valence-corrected chi connectivity index (χ1v) is 9.06. The lowest BCUT2D eigenvalue weighted by atomic mass is 9.74. The summed E-state index contributed by atoms with van der Waals surface area (Å²) in [5.41, 5.74) is 2.26. The van der Waals surface area contributed by atoms with Crippen LogP contribution in [0.5, 0.6) is 0 Å². The van der Waals surface area contributed by atoms with Crippen molar-refractivity contribution >= 4 is 5.71 Å². The SMILES string of the molecule is CC[C@@H](C)/C(=N\OCc1ccccc1)[C@H]1CO[C@]2(C)OC[C@H]1[C@H]2C. The molecule has 2 aliphatic rings. The molecule has 4 nitrogen and oxygen atoms in total. The summed E-state index contributed by atoms with van der Waals surface area (Å²) >= 11 is 0. The fraction of sp³-hybridized carbons (Fsp3) is 0.650. The van der Waals surface area contributed by atoms with Gasteiger partial charge in [-0.2, -0.15) is 0 Å². The van der Waals surface area contributed by atoms with Crippen molar-refractivity contribution in [2.75, 3.05) is 13.2 Å². The molecule has 2 bridgehead atoms. The summed E-state index contributed by atoms with van der Waals surface area (Å²) in [4.78, 5) is 5.72. The van der Waals surface area contributed by atoms with E-state index in [1.807, 2.05) is 18.2 Å². The Morgan fingerprint density at radius 1 is 1.29 bits per heavy atom. The van der Waals surface area contributed by atoms with E-state index in [9.17, 15) is 0 Å². The Labute approximate surface area is 145 Å². The van der Waals surface area contributed by atoms with Crippen molar-refractivity contribution in [3.63, 3.8) is 0 Å². The third kappa shape index (κ3) is 3.35. The summed E-state index contributed by atoms with van der Waals surface area (Å²) < 4.78 is 12.0. The van der Waals surface area contributed by atoms with Crippen LogP contribution in [0.2, 0.25) is 0 Å². The second kappa shape index (κ2) is 7.24. The van der Waals surface area contributed by atoms with Crippen LogP contribution < -0.4 is 0 Å². The largest absolute Gasteiger partial charge is 0.391 e. The number of oxime groups is 1. The topological polar surface area (TPSA) is 40.0 Å². The van der Waals surface area contributed by atoms with Crippen LogP contribution in [0.15, 0.2) is 35.5 Å². The van der Waals surface area contributed by atoms with Crippen molar-refractivity contribution in [1.29, 1.82) is 0 Å². The minimum Gasteiger partial charge on any atom is -0.391 e. The van der Waals surface area contributed by atoms with E-state index in [2.05, 4.69) is 45.0 Å². The molecule has 0 aromatic heterocycles. The predicted molar refractivity (Wildman–Crippen MR) is 94.6 cm³/mol. The molecule has 2 heterocycles. The van der Waals surface area contributed by atoms with Gasteiger partial charge in [0.05, 0.1) is 18.9 Å². The smallest absolute Gasteiger partial charge is 0.168 e. The molecule has 0 N–H and O–H groups in total. The van der Waals surface area contributed by atoms with E-state index in [1.54, 1.807) is 0 Å². The van der Waals surface area contributed by atoms with Gasteiger partial charge in [0.25, 0.3) is 0 Å². The Hall–Kier alpha value is -1.39. The highest BCUT2D eigenvalue weighted by atomic mass is 16.7. The third-order valence-corrected chi connectivity index (χ3v) is 5.84. The van der Waals surface area contributed by atoms with Gasteiger partial charge in [0, 0.05) is 17.8 Å². The molecule has 0 unspecified atom stereocenters. The first-order valence-electron chi connectivity index (χ1n) is 9.06. The Bertz CT molecular complexity index is 574. The number of nitrogens with zero attached hydrogens (tertiary/aromatic N) is 1. The van der Waals surface area contributed by atoms with Crippen molar-refractivity contribution in [3.05, 3.63) is 35.9 Å². The third-order valence-electron chi connectivity index (χ3n) is 5.84. The predicted octanol–water partition coefficient (Wildman–Crippen LogP) is 4.25. The number of hydrogen-bond acceptors (Lipinski definition) is 4. The van der Waals surface area contributed by atoms with E-state index in [-0.39, 0.29) is 5.92 Å². The molecule has 2 saturated heterocycles. The summed E-state index contributed by atoms with van der Waals surface area (Å²) in [6.45, 7) is 10.6. The average molecular weight is 331 g/mol. The molecule has 24 heavy (non-hydrogen) atoms. The molecular weight excluding hydrogens is 302 g/mol. The summed E-state index contributed by atoms with van der Waals surface area (Å²) in [5.74, 6) is 1.07. The second-order valence-electron chi connectivity index (χ2n) is 7.28. The van der Waals surface area contributed by atoms with Crippen molar-refractivity contribution in [2.45, 2.75) is 46.5 Å². The van der Waals surface area contributed by atoms with Crippen LogP contribution in [0, 0.1) is 23.7 Å². The van der Waals surface area contributed by atoms with Gasteiger partial charge < -0.3 is 14.3 Å². The maximum absolute atomic E-state index is 6.06. The molecule has 0 radical (unpaired) electrons. The van der Waals surface area contributed by atoms with Gasteiger partial charge in [-0.3, -0.25) is 0 Å². The molecule has 132 valence electrons. The zero-order valence-corrected chi connectivity index (χ0v) is 15.2. The number of rotatable bonds is 6. The zero-order chi connectivity index (χ0) is 17.2. The minimum absolute atomic E-state index is 0.279. The van der Waals surface area contributed by atoms with Gasteiger partial charge in [-0.15, -0.1) is 0 Å². The lowest BCUT2D eigenvalue weighted by molar-refractivity contribution is -0.228. The lowest BCUT2D eigenvalue weighted by Gasteiger charge is -2.39. The Morgan fingerprint density at radius 3 is 2.71 bits per heavy atom. The van der Waals surface area contributed by atoms with Gasteiger partial charge in [-0.25, -0.2) is 0 Å². The molecule has 0 amide bonds. The van der Waals surface area contributed by atoms with Gasteiger partial charge in [-0.1, -0.05) is 56.3 Å². The number of fused-ring (bicyclic) bond motifs is 2. The molecule has 0 spiro atoms. The van der Waals surface area contributed by atoms with Crippen LogP contribution >= 0.6 is 0 Å². The Balaban J connectivity index is 1.73. The Morgan fingerprint density at radius 2 is 2.00 bits per heavy atom. The van der Waals surface area contributed by atoms with Crippen molar-refractivity contribution in [2.24, 2.45) is 28.8 Å². The van der Waals surface area contributed by atoms with E-state index in [0.717, 1.165) is 24.3 Å². The number of benzene rings is 1. The van der Waals surface area contributed by atoms with Crippen LogP contribution in [0.25, 0.3) is 0 Å². The van der Waals surface area contributed by atoms with Gasteiger partial charge in [-0.05, 0) is 24.8 Å². The monoisotopic (exact) mass is 331 g/mol. The lowest BCUT2D eigenvalue weighted by Crippen LogP contribution is -2.47. The molecule has 0 aliphatic carbocycles. The quantitative estimate of drug-likeness (QED) is 0.578. The Kier molecular flexibility index (Phi) is 5.26. The molecule has 0 saturated carbocycles. The van der Waals surface area contributed by atoms with Gasteiger partial charge >= 0.3 is 0 Å². The maximum Gasteiger partial charge on any atom is 0.168 e. The van der Waals surface area contributed by atoms with Crippen LogP contribution in [-0.4, -0.2) is 24.7 Å². The molecule has 1 aromatic rings.